The fraction of sp³-hybridized carbons (Fsp3) is 0.533. The normalized spacial score (nSPS) is 24.9. The second kappa shape index (κ2) is 4.80. The molecular formula is C15H17NO5. The van der Waals surface area contributed by atoms with E-state index in [1.54, 1.807) is 13.0 Å². The minimum absolute atomic E-state index is 0.0904. The van der Waals surface area contributed by atoms with Crippen molar-refractivity contribution in [2.24, 2.45) is 0 Å². The van der Waals surface area contributed by atoms with Gasteiger partial charge in [0.2, 0.25) is 0 Å². The van der Waals surface area contributed by atoms with Crippen molar-refractivity contribution in [3.8, 4) is 0 Å². The van der Waals surface area contributed by atoms with Gasteiger partial charge in [-0.1, -0.05) is 6.92 Å². The first-order valence-corrected chi connectivity index (χ1v) is 7.14. The lowest BCUT2D eigenvalue weighted by Crippen LogP contribution is -2.36. The Kier molecular flexibility index (Phi) is 3.20. The zero-order valence-electron chi connectivity index (χ0n) is 11.8. The molecule has 1 aromatic heterocycles. The number of aromatic nitrogens is 1. The summed E-state index contributed by atoms with van der Waals surface area (Å²) in [6, 6.07) is 1.61. The van der Waals surface area contributed by atoms with Crippen LogP contribution in [0.25, 0.3) is 0 Å². The highest BCUT2D eigenvalue weighted by molar-refractivity contribution is 5.96. The highest BCUT2D eigenvalue weighted by Crippen LogP contribution is 2.34. The maximum absolute atomic E-state index is 12.5. The van der Waals surface area contributed by atoms with Crippen LogP contribution in [0.1, 0.15) is 54.2 Å². The first-order chi connectivity index (χ1) is 9.96. The fourth-order valence-electron chi connectivity index (χ4n) is 3.07. The molecule has 0 saturated carbocycles. The van der Waals surface area contributed by atoms with Gasteiger partial charge in [0.25, 0.3) is 5.56 Å². The average Bonchev–Trinajstić information content (AvgIpc) is 2.84. The molecule has 0 fully saturated rings. The summed E-state index contributed by atoms with van der Waals surface area (Å²) in [6.07, 6.45) is 0.940. The quantitative estimate of drug-likeness (QED) is 0.776. The predicted molar refractivity (Wildman–Crippen MR) is 72.9 cm³/mol. The molecule has 6 nitrogen and oxygen atoms in total. The smallest absolute Gasteiger partial charge is 0.306 e. The molecule has 1 N–H and O–H groups in total. The van der Waals surface area contributed by atoms with Gasteiger partial charge in [-0.3, -0.25) is 14.4 Å². The topological polar surface area (TPSA) is 85.6 Å². The van der Waals surface area contributed by atoms with E-state index >= 15 is 0 Å². The Hall–Kier alpha value is -1.95. The number of pyridine rings is 1. The van der Waals surface area contributed by atoms with Gasteiger partial charge in [-0.05, 0) is 24.5 Å². The van der Waals surface area contributed by atoms with Crippen molar-refractivity contribution < 1.29 is 19.4 Å². The van der Waals surface area contributed by atoms with E-state index in [0.717, 1.165) is 0 Å². The molecule has 1 aromatic rings. The van der Waals surface area contributed by atoms with E-state index < -0.39 is 11.6 Å². The fourth-order valence-corrected chi connectivity index (χ4v) is 3.07. The van der Waals surface area contributed by atoms with Crippen LogP contribution in [0.4, 0.5) is 0 Å². The molecule has 2 aliphatic rings. The molecule has 3 heterocycles. The molecule has 0 bridgehead atoms. The van der Waals surface area contributed by atoms with Crippen molar-refractivity contribution in [3.63, 3.8) is 0 Å². The van der Waals surface area contributed by atoms with E-state index in [1.165, 1.54) is 4.57 Å². The number of hydrogen-bond donors (Lipinski definition) is 1. The summed E-state index contributed by atoms with van der Waals surface area (Å²) in [7, 11) is 0. The summed E-state index contributed by atoms with van der Waals surface area (Å²) >= 11 is 0. The second-order valence-electron chi connectivity index (χ2n) is 5.60. The van der Waals surface area contributed by atoms with E-state index in [1.807, 2.05) is 0 Å². The van der Waals surface area contributed by atoms with Crippen LogP contribution < -0.4 is 5.56 Å². The van der Waals surface area contributed by atoms with E-state index in [-0.39, 0.29) is 36.4 Å². The number of ether oxygens (including phenoxy) is 1. The lowest BCUT2D eigenvalue weighted by molar-refractivity contribution is -0.147. The number of Topliss-reactive ketones (excluding diaryl/α,β-unsaturated/α-hetero) is 1. The maximum atomic E-state index is 12.5. The molecule has 1 atom stereocenters. The number of rotatable bonds is 1. The Balaban J connectivity index is 2.26. The third-order valence-electron chi connectivity index (χ3n) is 4.45. The number of fused-ring (bicyclic) bond motifs is 2. The third-order valence-corrected chi connectivity index (χ3v) is 4.45. The molecule has 21 heavy (non-hydrogen) atoms. The van der Waals surface area contributed by atoms with Gasteiger partial charge in [-0.2, -0.15) is 0 Å². The number of cyclic esters (lactones) is 1. The van der Waals surface area contributed by atoms with Crippen molar-refractivity contribution in [2.45, 2.75) is 51.4 Å². The van der Waals surface area contributed by atoms with Crippen molar-refractivity contribution in [1.29, 1.82) is 0 Å². The molecule has 0 aromatic carbocycles. The minimum atomic E-state index is -1.27. The molecule has 0 spiro atoms. The van der Waals surface area contributed by atoms with Crippen molar-refractivity contribution >= 4 is 11.8 Å². The number of ketones is 1. The van der Waals surface area contributed by atoms with Gasteiger partial charge in [0.15, 0.2) is 5.78 Å². The lowest BCUT2D eigenvalue weighted by Gasteiger charge is -2.31. The van der Waals surface area contributed by atoms with Gasteiger partial charge in [0.1, 0.15) is 6.61 Å². The molecule has 0 unspecified atom stereocenters. The number of carbonyl (C=O) groups excluding carboxylic acids is 2. The summed E-state index contributed by atoms with van der Waals surface area (Å²) in [6.45, 7) is 1.99. The summed E-state index contributed by atoms with van der Waals surface area (Å²) in [5, 5.41) is 10.8. The van der Waals surface area contributed by atoms with Crippen LogP contribution in [0.2, 0.25) is 0 Å². The van der Waals surface area contributed by atoms with Gasteiger partial charge in [0.05, 0.1) is 16.9 Å². The van der Waals surface area contributed by atoms with E-state index in [2.05, 4.69) is 0 Å². The summed E-state index contributed by atoms with van der Waals surface area (Å²) in [4.78, 5) is 36.0. The molecule has 6 heteroatoms. The summed E-state index contributed by atoms with van der Waals surface area (Å²) in [5.41, 5.74) is -0.547. The largest absolute Gasteiger partial charge is 0.461 e. The van der Waals surface area contributed by atoms with Crippen LogP contribution in [0.15, 0.2) is 10.9 Å². The van der Waals surface area contributed by atoms with Gasteiger partial charge in [-0.25, -0.2) is 0 Å². The van der Waals surface area contributed by atoms with Crippen LogP contribution in [-0.2, 0) is 28.3 Å². The van der Waals surface area contributed by atoms with Crippen LogP contribution in [0, 0.1) is 0 Å². The number of esters is 1. The SMILES string of the molecule is CC[C@@]1(O)CCC(=O)OCc2c1cc1n(c2=O)CCC1=O. The zero-order valence-corrected chi connectivity index (χ0v) is 11.8. The van der Waals surface area contributed by atoms with Crippen LogP contribution in [0.3, 0.4) is 0 Å². The Bertz CT molecular complexity index is 690. The zero-order chi connectivity index (χ0) is 15.2. The van der Waals surface area contributed by atoms with Crippen LogP contribution in [0.5, 0.6) is 0 Å². The predicted octanol–water partition coefficient (Wildman–Crippen LogP) is 0.869. The molecule has 0 amide bonds. The molecule has 3 rings (SSSR count). The Labute approximate surface area is 121 Å². The molecule has 0 aliphatic carbocycles. The first kappa shape index (κ1) is 14.0. The minimum Gasteiger partial charge on any atom is -0.461 e. The van der Waals surface area contributed by atoms with Gasteiger partial charge >= 0.3 is 5.97 Å². The average molecular weight is 291 g/mol. The molecule has 0 radical (unpaired) electrons. The third kappa shape index (κ3) is 2.10. The summed E-state index contributed by atoms with van der Waals surface area (Å²) < 4.78 is 6.48. The Morgan fingerprint density at radius 3 is 2.81 bits per heavy atom. The Morgan fingerprint density at radius 1 is 1.33 bits per heavy atom. The summed E-state index contributed by atoms with van der Waals surface area (Å²) in [5.74, 6) is -0.513. The molecule has 112 valence electrons. The monoisotopic (exact) mass is 291 g/mol. The van der Waals surface area contributed by atoms with Crippen molar-refractivity contribution in [1.82, 2.24) is 4.57 Å². The molecule has 0 saturated heterocycles. The van der Waals surface area contributed by atoms with Crippen molar-refractivity contribution in [3.05, 3.63) is 33.2 Å². The van der Waals surface area contributed by atoms with Gasteiger partial charge in [-0.15, -0.1) is 0 Å². The van der Waals surface area contributed by atoms with Gasteiger partial charge in [0, 0.05) is 19.4 Å². The van der Waals surface area contributed by atoms with E-state index in [4.69, 9.17) is 4.74 Å². The molecular weight excluding hydrogens is 274 g/mol. The highest BCUT2D eigenvalue weighted by atomic mass is 16.5. The van der Waals surface area contributed by atoms with E-state index in [9.17, 15) is 19.5 Å². The maximum Gasteiger partial charge on any atom is 0.306 e. The number of aliphatic hydroxyl groups is 1. The van der Waals surface area contributed by atoms with Crippen molar-refractivity contribution in [2.75, 3.05) is 0 Å². The first-order valence-electron chi connectivity index (χ1n) is 7.14. The lowest BCUT2D eigenvalue weighted by atomic mass is 9.83. The second-order valence-corrected chi connectivity index (χ2v) is 5.60. The van der Waals surface area contributed by atoms with Gasteiger partial charge < -0.3 is 14.4 Å². The van der Waals surface area contributed by atoms with Crippen LogP contribution in [-0.4, -0.2) is 21.4 Å². The number of nitrogens with zero attached hydrogens (tertiary/aromatic N) is 1. The number of hydrogen-bond acceptors (Lipinski definition) is 5. The van der Waals surface area contributed by atoms with E-state index in [0.29, 0.717) is 30.6 Å². The number of carbonyl (C=O) groups is 2. The van der Waals surface area contributed by atoms with Crippen LogP contribution >= 0.6 is 0 Å². The highest BCUT2D eigenvalue weighted by Gasteiger charge is 2.36. The standard InChI is InChI=1S/C15H17NO5/c1-2-15(20)5-3-13(18)21-8-9-10(15)7-11-12(17)4-6-16(11)14(9)19/h7,20H,2-6,8H2,1H3/t15-/m1/s1. The Morgan fingerprint density at radius 2 is 2.10 bits per heavy atom. The molecule has 2 aliphatic heterocycles.